The van der Waals surface area contributed by atoms with Crippen LogP contribution in [-0.2, 0) is 9.59 Å². The highest BCUT2D eigenvalue weighted by atomic mass is 19.1. The van der Waals surface area contributed by atoms with Crippen LogP contribution in [0.5, 0.6) is 0 Å². The van der Waals surface area contributed by atoms with Crippen LogP contribution in [0.15, 0.2) is 18.2 Å². The molecule has 1 fully saturated rings. The molecule has 17 heavy (non-hydrogen) atoms. The standard InChI is InChI=1S/C11H10F2N2O2/c1-6-11(17)15(5-10(16)14-6)9-4-7(12)2-3-8(9)13/h2-4,6H,5H2,1H3,(H,14,16). The molecular weight excluding hydrogens is 230 g/mol. The zero-order valence-corrected chi connectivity index (χ0v) is 9.04. The van der Waals surface area contributed by atoms with Crippen LogP contribution in [0.2, 0.25) is 0 Å². The number of nitrogens with zero attached hydrogens (tertiary/aromatic N) is 1. The van der Waals surface area contributed by atoms with Crippen LogP contribution in [0.3, 0.4) is 0 Å². The van der Waals surface area contributed by atoms with Gasteiger partial charge in [0.2, 0.25) is 11.8 Å². The van der Waals surface area contributed by atoms with Crippen LogP contribution in [-0.4, -0.2) is 24.4 Å². The summed E-state index contributed by atoms with van der Waals surface area (Å²) in [6, 6.07) is 2.05. The minimum atomic E-state index is -0.737. The van der Waals surface area contributed by atoms with E-state index in [4.69, 9.17) is 0 Å². The van der Waals surface area contributed by atoms with Crippen LogP contribution in [0, 0.1) is 11.6 Å². The number of carbonyl (C=O) groups is 2. The second kappa shape index (κ2) is 4.12. The summed E-state index contributed by atoms with van der Waals surface area (Å²) in [5.41, 5.74) is -0.211. The van der Waals surface area contributed by atoms with Crippen molar-refractivity contribution >= 4 is 17.5 Å². The first-order valence-corrected chi connectivity index (χ1v) is 5.05. The van der Waals surface area contributed by atoms with Gasteiger partial charge in [0.15, 0.2) is 0 Å². The number of rotatable bonds is 1. The normalized spacial score (nSPS) is 20.4. The summed E-state index contributed by atoms with van der Waals surface area (Å²) in [5.74, 6) is -2.26. The predicted octanol–water partition coefficient (Wildman–Crippen LogP) is 0.816. The first kappa shape index (κ1) is 11.5. The highest BCUT2D eigenvalue weighted by Gasteiger charge is 2.32. The van der Waals surface area contributed by atoms with Crippen molar-refractivity contribution in [2.45, 2.75) is 13.0 Å². The fourth-order valence-electron chi connectivity index (χ4n) is 1.70. The Labute approximate surface area is 96.2 Å². The van der Waals surface area contributed by atoms with Crippen LogP contribution in [0.25, 0.3) is 0 Å². The van der Waals surface area contributed by atoms with Crippen LogP contribution in [0.1, 0.15) is 6.92 Å². The SMILES string of the molecule is CC1NC(=O)CN(c2cc(F)ccc2F)C1=O. The third-order valence-corrected chi connectivity index (χ3v) is 2.51. The Hall–Kier alpha value is -1.98. The van der Waals surface area contributed by atoms with Gasteiger partial charge in [-0.05, 0) is 19.1 Å². The van der Waals surface area contributed by atoms with Crippen molar-refractivity contribution in [2.75, 3.05) is 11.4 Å². The number of carbonyl (C=O) groups excluding carboxylic acids is 2. The van der Waals surface area contributed by atoms with E-state index in [-0.39, 0.29) is 12.2 Å². The fraction of sp³-hybridized carbons (Fsp3) is 0.273. The van der Waals surface area contributed by atoms with Crippen molar-refractivity contribution in [1.82, 2.24) is 5.32 Å². The molecule has 1 unspecified atom stereocenters. The van der Waals surface area contributed by atoms with Gasteiger partial charge < -0.3 is 5.32 Å². The molecule has 0 spiro atoms. The van der Waals surface area contributed by atoms with Gasteiger partial charge >= 0.3 is 0 Å². The largest absolute Gasteiger partial charge is 0.343 e. The van der Waals surface area contributed by atoms with Crippen LogP contribution < -0.4 is 10.2 Å². The Morgan fingerprint density at radius 1 is 1.35 bits per heavy atom. The average Bonchev–Trinajstić information content (AvgIpc) is 2.27. The summed E-state index contributed by atoms with van der Waals surface area (Å²) in [4.78, 5) is 24.0. The molecule has 90 valence electrons. The monoisotopic (exact) mass is 240 g/mol. The number of halogens is 2. The predicted molar refractivity (Wildman–Crippen MR) is 56.3 cm³/mol. The van der Waals surface area contributed by atoms with E-state index in [9.17, 15) is 18.4 Å². The highest BCUT2D eigenvalue weighted by Crippen LogP contribution is 2.22. The van der Waals surface area contributed by atoms with E-state index in [2.05, 4.69) is 5.32 Å². The molecule has 1 aromatic carbocycles. The van der Waals surface area contributed by atoms with Crippen LogP contribution in [0.4, 0.5) is 14.5 Å². The van der Waals surface area contributed by atoms with Crippen molar-refractivity contribution in [1.29, 1.82) is 0 Å². The molecule has 1 aromatic rings. The topological polar surface area (TPSA) is 49.4 Å². The van der Waals surface area contributed by atoms with E-state index in [1.165, 1.54) is 6.92 Å². The van der Waals surface area contributed by atoms with Gasteiger partial charge in [-0.1, -0.05) is 0 Å². The van der Waals surface area contributed by atoms with Crippen molar-refractivity contribution in [3.8, 4) is 0 Å². The highest BCUT2D eigenvalue weighted by molar-refractivity contribution is 6.06. The van der Waals surface area contributed by atoms with Gasteiger partial charge in [0.25, 0.3) is 0 Å². The number of benzene rings is 1. The number of hydrogen-bond acceptors (Lipinski definition) is 2. The first-order valence-electron chi connectivity index (χ1n) is 5.05. The lowest BCUT2D eigenvalue weighted by Crippen LogP contribution is -2.57. The number of hydrogen-bond donors (Lipinski definition) is 1. The van der Waals surface area contributed by atoms with E-state index >= 15 is 0 Å². The fourth-order valence-corrected chi connectivity index (χ4v) is 1.70. The van der Waals surface area contributed by atoms with Gasteiger partial charge in [0.1, 0.15) is 24.2 Å². The molecule has 1 aliphatic heterocycles. The van der Waals surface area contributed by atoms with Gasteiger partial charge in [0, 0.05) is 6.07 Å². The second-order valence-electron chi connectivity index (χ2n) is 3.81. The Balaban J connectivity index is 2.41. The Morgan fingerprint density at radius 2 is 2.06 bits per heavy atom. The van der Waals surface area contributed by atoms with Crippen molar-refractivity contribution in [3.63, 3.8) is 0 Å². The van der Waals surface area contributed by atoms with Gasteiger partial charge in [-0.15, -0.1) is 0 Å². The lowest BCUT2D eigenvalue weighted by atomic mass is 10.1. The maximum absolute atomic E-state index is 13.5. The molecule has 0 aromatic heterocycles. The minimum absolute atomic E-state index is 0.211. The minimum Gasteiger partial charge on any atom is -0.343 e. The maximum atomic E-state index is 13.5. The molecule has 0 radical (unpaired) electrons. The molecule has 6 heteroatoms. The smallest absolute Gasteiger partial charge is 0.249 e. The second-order valence-corrected chi connectivity index (χ2v) is 3.81. The van der Waals surface area contributed by atoms with Gasteiger partial charge in [-0.3, -0.25) is 14.5 Å². The summed E-state index contributed by atoms with van der Waals surface area (Å²) in [6.07, 6.45) is 0. The summed E-state index contributed by atoms with van der Waals surface area (Å²) in [5, 5.41) is 2.42. The Kier molecular flexibility index (Phi) is 2.79. The quantitative estimate of drug-likeness (QED) is 0.790. The third kappa shape index (κ3) is 2.11. The molecule has 0 saturated carbocycles. The van der Waals surface area contributed by atoms with E-state index in [0.29, 0.717) is 0 Å². The summed E-state index contributed by atoms with van der Waals surface area (Å²) in [7, 11) is 0. The summed E-state index contributed by atoms with van der Waals surface area (Å²) in [6.45, 7) is 1.19. The molecule has 0 bridgehead atoms. The Bertz CT molecular complexity index is 490. The molecule has 2 amide bonds. The van der Waals surface area contributed by atoms with Crippen molar-refractivity contribution in [3.05, 3.63) is 29.8 Å². The molecule has 1 aliphatic rings. The molecular formula is C11H10F2N2O2. The Morgan fingerprint density at radius 3 is 2.76 bits per heavy atom. The van der Waals surface area contributed by atoms with Crippen molar-refractivity contribution < 1.29 is 18.4 Å². The molecule has 1 heterocycles. The van der Waals surface area contributed by atoms with Gasteiger partial charge in [0.05, 0.1) is 5.69 Å². The zero-order chi connectivity index (χ0) is 12.6. The van der Waals surface area contributed by atoms with E-state index in [0.717, 1.165) is 23.1 Å². The van der Waals surface area contributed by atoms with E-state index in [1.807, 2.05) is 0 Å². The number of amides is 2. The number of anilines is 1. The molecule has 0 aliphatic carbocycles. The van der Waals surface area contributed by atoms with E-state index < -0.39 is 29.5 Å². The summed E-state index contributed by atoms with van der Waals surface area (Å²) < 4.78 is 26.5. The van der Waals surface area contributed by atoms with Crippen molar-refractivity contribution in [2.24, 2.45) is 0 Å². The molecule has 1 N–H and O–H groups in total. The van der Waals surface area contributed by atoms with Gasteiger partial charge in [-0.25, -0.2) is 8.78 Å². The average molecular weight is 240 g/mol. The zero-order valence-electron chi connectivity index (χ0n) is 9.04. The summed E-state index contributed by atoms with van der Waals surface area (Å²) >= 11 is 0. The van der Waals surface area contributed by atoms with Gasteiger partial charge in [-0.2, -0.15) is 0 Å². The maximum Gasteiger partial charge on any atom is 0.249 e. The lowest BCUT2D eigenvalue weighted by molar-refractivity contribution is -0.130. The number of nitrogens with one attached hydrogen (secondary N) is 1. The molecule has 4 nitrogen and oxygen atoms in total. The van der Waals surface area contributed by atoms with E-state index in [1.54, 1.807) is 0 Å². The number of piperazine rings is 1. The lowest BCUT2D eigenvalue weighted by Gasteiger charge is -2.30. The first-order chi connectivity index (χ1) is 7.99. The third-order valence-electron chi connectivity index (χ3n) is 2.51. The molecule has 1 atom stereocenters. The van der Waals surface area contributed by atoms with Crippen LogP contribution >= 0.6 is 0 Å². The molecule has 2 rings (SSSR count). The molecule has 1 saturated heterocycles.